The number of nitrogens with one attached hydrogen (secondary N) is 1. The van der Waals surface area contributed by atoms with E-state index in [1.54, 1.807) is 17.0 Å². The lowest BCUT2D eigenvalue weighted by Crippen LogP contribution is -2.40. The second kappa shape index (κ2) is 9.83. The van der Waals surface area contributed by atoms with Gasteiger partial charge in [0, 0.05) is 29.9 Å². The number of hydrogen-bond donors (Lipinski definition) is 2. The van der Waals surface area contributed by atoms with Crippen LogP contribution >= 0.6 is 11.6 Å². The van der Waals surface area contributed by atoms with Gasteiger partial charge in [-0.05, 0) is 43.2 Å². The molecule has 1 aliphatic rings. The Labute approximate surface area is 213 Å². The maximum Gasteiger partial charge on any atom is 0.255 e. The summed E-state index contributed by atoms with van der Waals surface area (Å²) in [4.78, 5) is 30.8. The number of benzene rings is 2. The highest BCUT2D eigenvalue weighted by Crippen LogP contribution is 2.38. The van der Waals surface area contributed by atoms with Crippen LogP contribution in [0, 0.1) is 0 Å². The van der Waals surface area contributed by atoms with Crippen molar-refractivity contribution in [1.29, 1.82) is 0 Å². The Morgan fingerprint density at radius 2 is 1.89 bits per heavy atom. The molecule has 2 aromatic carbocycles. The lowest BCUT2D eigenvalue weighted by molar-refractivity contribution is -0.127. The van der Waals surface area contributed by atoms with Crippen LogP contribution in [0.4, 0.5) is 11.5 Å². The molecule has 3 N–H and O–H groups in total. The fraction of sp³-hybridized carbons (Fsp3) is 0.185. The highest BCUT2D eigenvalue weighted by Gasteiger charge is 2.28. The predicted octanol–water partition coefficient (Wildman–Crippen LogP) is 4.94. The molecule has 8 nitrogen and oxygen atoms in total. The summed E-state index contributed by atoms with van der Waals surface area (Å²) in [6.07, 6.45) is 4.55. The van der Waals surface area contributed by atoms with Gasteiger partial charge in [-0.1, -0.05) is 48.5 Å². The van der Waals surface area contributed by atoms with Crippen LogP contribution in [0.2, 0.25) is 5.02 Å². The first kappa shape index (κ1) is 23.6. The number of aromatic nitrogens is 3. The van der Waals surface area contributed by atoms with E-state index in [4.69, 9.17) is 22.4 Å². The van der Waals surface area contributed by atoms with E-state index in [0.29, 0.717) is 51.8 Å². The number of carbonyl (C=O) groups is 2. The molecule has 2 amide bonds. The predicted molar refractivity (Wildman–Crippen MR) is 142 cm³/mol. The number of nitrogen functional groups attached to an aromatic ring is 1. The van der Waals surface area contributed by atoms with Crippen LogP contribution in [0.3, 0.4) is 0 Å². The SMILES string of the molecule is C=CC(=O)N1CCCC(n2nc(-c3ccc(NC(=O)c4ccccc4)cc3)c3c(N)ncc(Cl)c32)C1. The van der Waals surface area contributed by atoms with E-state index >= 15 is 0 Å². The van der Waals surface area contributed by atoms with Gasteiger partial charge in [0.25, 0.3) is 5.91 Å². The van der Waals surface area contributed by atoms with E-state index in [2.05, 4.69) is 16.9 Å². The zero-order chi connectivity index (χ0) is 25.2. The van der Waals surface area contributed by atoms with Gasteiger partial charge in [0.1, 0.15) is 11.5 Å². The summed E-state index contributed by atoms with van der Waals surface area (Å²) in [7, 11) is 0. The van der Waals surface area contributed by atoms with Crippen LogP contribution in [-0.4, -0.2) is 44.6 Å². The Morgan fingerprint density at radius 3 is 2.61 bits per heavy atom. The number of halogens is 1. The maximum atomic E-state index is 12.5. The molecule has 0 bridgehead atoms. The monoisotopic (exact) mass is 500 g/mol. The van der Waals surface area contributed by atoms with Crippen molar-refractivity contribution in [2.24, 2.45) is 0 Å². The van der Waals surface area contributed by atoms with E-state index in [0.717, 1.165) is 18.4 Å². The van der Waals surface area contributed by atoms with Gasteiger partial charge < -0.3 is 16.0 Å². The Hall–Kier alpha value is -4.17. The van der Waals surface area contributed by atoms with E-state index < -0.39 is 0 Å². The molecule has 1 saturated heterocycles. The largest absolute Gasteiger partial charge is 0.383 e. The summed E-state index contributed by atoms with van der Waals surface area (Å²) in [6.45, 7) is 4.79. The number of anilines is 2. The van der Waals surface area contributed by atoms with Gasteiger partial charge in [-0.2, -0.15) is 5.10 Å². The quantitative estimate of drug-likeness (QED) is 0.378. The lowest BCUT2D eigenvalue weighted by atomic mass is 10.1. The van der Waals surface area contributed by atoms with E-state index in [-0.39, 0.29) is 17.9 Å². The summed E-state index contributed by atoms with van der Waals surface area (Å²) >= 11 is 6.60. The van der Waals surface area contributed by atoms with Crippen molar-refractivity contribution in [2.45, 2.75) is 18.9 Å². The summed E-state index contributed by atoms with van der Waals surface area (Å²) in [5.74, 6) is 0.0398. The first-order chi connectivity index (χ1) is 17.5. The van der Waals surface area contributed by atoms with Crippen LogP contribution in [-0.2, 0) is 4.79 Å². The molecule has 4 aromatic rings. The molecule has 2 aromatic heterocycles. The Balaban J connectivity index is 1.50. The Morgan fingerprint density at radius 1 is 1.14 bits per heavy atom. The maximum absolute atomic E-state index is 12.5. The zero-order valence-corrected chi connectivity index (χ0v) is 20.3. The Bertz CT molecular complexity index is 1450. The van der Waals surface area contributed by atoms with Crippen LogP contribution in [0.15, 0.2) is 73.4 Å². The number of nitrogens with zero attached hydrogens (tertiary/aromatic N) is 4. The minimum atomic E-state index is -0.186. The van der Waals surface area contributed by atoms with Gasteiger partial charge >= 0.3 is 0 Å². The molecule has 1 fully saturated rings. The van der Waals surface area contributed by atoms with Gasteiger partial charge in [-0.15, -0.1) is 0 Å². The zero-order valence-electron chi connectivity index (χ0n) is 19.5. The van der Waals surface area contributed by atoms with E-state index in [1.165, 1.54) is 12.3 Å². The number of carbonyl (C=O) groups excluding carboxylic acids is 2. The summed E-state index contributed by atoms with van der Waals surface area (Å²) in [5, 5.41) is 8.93. The highest BCUT2D eigenvalue weighted by molar-refractivity contribution is 6.35. The van der Waals surface area contributed by atoms with Crippen LogP contribution in [0.1, 0.15) is 29.2 Å². The minimum Gasteiger partial charge on any atom is -0.383 e. The molecule has 1 unspecified atom stereocenters. The number of nitrogens with two attached hydrogens (primary N) is 1. The molecule has 0 aliphatic carbocycles. The van der Waals surface area contributed by atoms with Crippen molar-refractivity contribution in [3.8, 4) is 11.3 Å². The number of fused-ring (bicyclic) bond motifs is 1. The van der Waals surface area contributed by atoms with Crippen molar-refractivity contribution < 1.29 is 9.59 Å². The van der Waals surface area contributed by atoms with Crippen molar-refractivity contribution in [3.05, 3.63) is 84.0 Å². The summed E-state index contributed by atoms with van der Waals surface area (Å²) in [5.41, 5.74) is 9.69. The molecule has 36 heavy (non-hydrogen) atoms. The molecule has 0 saturated carbocycles. The molecule has 3 heterocycles. The van der Waals surface area contributed by atoms with Gasteiger partial charge in [-0.3, -0.25) is 14.3 Å². The molecule has 182 valence electrons. The molecule has 5 rings (SSSR count). The average Bonchev–Trinajstić information content (AvgIpc) is 3.33. The molecule has 9 heteroatoms. The second-order valence-corrected chi connectivity index (χ2v) is 9.10. The van der Waals surface area contributed by atoms with Gasteiger partial charge in [0.2, 0.25) is 5.91 Å². The average molecular weight is 501 g/mol. The minimum absolute atomic E-state index is 0.0670. The number of likely N-dealkylation sites (tertiary alicyclic amines) is 1. The van der Waals surface area contributed by atoms with Gasteiger partial charge in [0.05, 0.1) is 28.2 Å². The third-order valence-electron chi connectivity index (χ3n) is 6.39. The topological polar surface area (TPSA) is 106 Å². The van der Waals surface area contributed by atoms with Gasteiger partial charge in [-0.25, -0.2) is 4.98 Å². The lowest BCUT2D eigenvalue weighted by Gasteiger charge is -2.32. The van der Waals surface area contributed by atoms with Crippen LogP contribution in [0.25, 0.3) is 22.2 Å². The van der Waals surface area contributed by atoms with E-state index in [1.807, 2.05) is 47.1 Å². The van der Waals surface area contributed by atoms with Crippen molar-refractivity contribution >= 4 is 45.8 Å². The molecular formula is C27H25ClN6O2. The van der Waals surface area contributed by atoms with Crippen LogP contribution in [0.5, 0.6) is 0 Å². The first-order valence-corrected chi connectivity index (χ1v) is 12.0. The number of hydrogen-bond acceptors (Lipinski definition) is 5. The first-order valence-electron chi connectivity index (χ1n) is 11.7. The van der Waals surface area contributed by atoms with Crippen molar-refractivity contribution in [1.82, 2.24) is 19.7 Å². The summed E-state index contributed by atoms with van der Waals surface area (Å²) in [6, 6.07) is 16.4. The fourth-order valence-electron chi connectivity index (χ4n) is 4.61. The third-order valence-corrected chi connectivity index (χ3v) is 6.67. The molecule has 1 aliphatic heterocycles. The highest BCUT2D eigenvalue weighted by atomic mass is 35.5. The number of piperidine rings is 1. The van der Waals surface area contributed by atoms with Crippen LogP contribution < -0.4 is 11.1 Å². The number of amides is 2. The van der Waals surface area contributed by atoms with E-state index in [9.17, 15) is 9.59 Å². The second-order valence-electron chi connectivity index (χ2n) is 8.69. The third kappa shape index (κ3) is 4.43. The smallest absolute Gasteiger partial charge is 0.255 e. The molecule has 1 atom stereocenters. The Kier molecular flexibility index (Phi) is 6.43. The molecule has 0 radical (unpaired) electrons. The molecular weight excluding hydrogens is 476 g/mol. The fourth-order valence-corrected chi connectivity index (χ4v) is 4.84. The standard InChI is InChI=1S/C27H25ClN6O2/c1-2-22(35)33-14-6-9-20(16-33)34-25-21(28)15-30-26(29)23(25)24(32-34)17-10-12-19(13-11-17)31-27(36)18-7-4-3-5-8-18/h2-5,7-8,10-13,15,20H,1,6,9,14,16H2,(H2,29,30)(H,31,36). The normalized spacial score (nSPS) is 15.6. The molecule has 0 spiro atoms. The van der Waals surface area contributed by atoms with Crippen molar-refractivity contribution in [3.63, 3.8) is 0 Å². The number of pyridine rings is 1. The number of rotatable bonds is 5. The van der Waals surface area contributed by atoms with Crippen molar-refractivity contribution in [2.75, 3.05) is 24.1 Å². The summed E-state index contributed by atoms with van der Waals surface area (Å²) < 4.78 is 1.87. The van der Waals surface area contributed by atoms with Gasteiger partial charge in [0.15, 0.2) is 0 Å².